The highest BCUT2D eigenvalue weighted by atomic mass is 16.2. The first-order valence-electron chi connectivity index (χ1n) is 3.94. The SMILES string of the molecule is CCn1ncc(C(=O)C(C)=O)c1N. The van der Waals surface area contributed by atoms with Gasteiger partial charge in [-0.15, -0.1) is 0 Å². The van der Waals surface area contributed by atoms with Gasteiger partial charge in [-0.05, 0) is 6.92 Å². The summed E-state index contributed by atoms with van der Waals surface area (Å²) in [5, 5.41) is 3.86. The van der Waals surface area contributed by atoms with E-state index in [0.717, 1.165) is 0 Å². The van der Waals surface area contributed by atoms with Crippen molar-refractivity contribution >= 4 is 17.4 Å². The largest absolute Gasteiger partial charge is 0.383 e. The van der Waals surface area contributed by atoms with Gasteiger partial charge in [0.2, 0.25) is 5.78 Å². The standard InChI is InChI=1S/C8H11N3O2/c1-3-11-8(9)6(4-10-11)7(13)5(2)12/h4H,3,9H2,1-2H3. The molecule has 0 aliphatic carbocycles. The Morgan fingerprint density at radius 2 is 2.23 bits per heavy atom. The number of nitrogens with two attached hydrogens (primary N) is 1. The van der Waals surface area contributed by atoms with E-state index in [9.17, 15) is 9.59 Å². The number of aryl methyl sites for hydroxylation is 1. The fraction of sp³-hybridized carbons (Fsp3) is 0.375. The van der Waals surface area contributed by atoms with Gasteiger partial charge in [0.05, 0.1) is 11.8 Å². The number of carbonyl (C=O) groups excluding carboxylic acids is 2. The lowest BCUT2D eigenvalue weighted by molar-refractivity contribution is -0.113. The normalized spacial score (nSPS) is 10.0. The van der Waals surface area contributed by atoms with E-state index in [0.29, 0.717) is 6.54 Å². The van der Waals surface area contributed by atoms with Crippen LogP contribution in [0.1, 0.15) is 24.2 Å². The monoisotopic (exact) mass is 181 g/mol. The van der Waals surface area contributed by atoms with E-state index in [4.69, 9.17) is 5.73 Å². The van der Waals surface area contributed by atoms with Crippen molar-refractivity contribution in [1.82, 2.24) is 9.78 Å². The first-order valence-corrected chi connectivity index (χ1v) is 3.94. The van der Waals surface area contributed by atoms with Crippen molar-refractivity contribution in [3.8, 4) is 0 Å². The smallest absolute Gasteiger partial charge is 0.233 e. The Balaban J connectivity index is 3.09. The van der Waals surface area contributed by atoms with E-state index < -0.39 is 11.6 Å². The van der Waals surface area contributed by atoms with Crippen LogP contribution in [0.25, 0.3) is 0 Å². The number of hydrogen-bond donors (Lipinski definition) is 1. The quantitative estimate of drug-likeness (QED) is 0.535. The zero-order valence-electron chi connectivity index (χ0n) is 7.57. The molecule has 0 aliphatic rings. The summed E-state index contributed by atoms with van der Waals surface area (Å²) >= 11 is 0. The lowest BCUT2D eigenvalue weighted by atomic mass is 10.1. The van der Waals surface area contributed by atoms with Crippen molar-refractivity contribution < 1.29 is 9.59 Å². The third-order valence-corrected chi connectivity index (χ3v) is 1.74. The maximum atomic E-state index is 11.2. The van der Waals surface area contributed by atoms with E-state index >= 15 is 0 Å². The van der Waals surface area contributed by atoms with E-state index in [2.05, 4.69) is 5.10 Å². The zero-order valence-corrected chi connectivity index (χ0v) is 7.57. The van der Waals surface area contributed by atoms with Gasteiger partial charge in [0.25, 0.3) is 0 Å². The van der Waals surface area contributed by atoms with Crippen LogP contribution in [0, 0.1) is 0 Å². The van der Waals surface area contributed by atoms with Crippen molar-refractivity contribution in [1.29, 1.82) is 0 Å². The number of aromatic nitrogens is 2. The number of anilines is 1. The lowest BCUT2D eigenvalue weighted by Gasteiger charge is -1.98. The Labute approximate surface area is 75.5 Å². The molecule has 0 radical (unpaired) electrons. The molecule has 0 saturated carbocycles. The summed E-state index contributed by atoms with van der Waals surface area (Å²) in [6.07, 6.45) is 1.32. The number of nitrogen functional groups attached to an aromatic ring is 1. The van der Waals surface area contributed by atoms with Gasteiger partial charge in [-0.25, -0.2) is 4.68 Å². The summed E-state index contributed by atoms with van der Waals surface area (Å²) < 4.78 is 1.47. The molecule has 5 nitrogen and oxygen atoms in total. The first kappa shape index (κ1) is 9.44. The summed E-state index contributed by atoms with van der Waals surface area (Å²) in [4.78, 5) is 22.0. The molecule has 0 aromatic carbocycles. The van der Waals surface area contributed by atoms with Crippen LogP contribution in [0.4, 0.5) is 5.82 Å². The van der Waals surface area contributed by atoms with Crippen LogP contribution in [-0.4, -0.2) is 21.3 Å². The number of Topliss-reactive ketones (excluding diaryl/α,β-unsaturated/α-hetero) is 2. The molecule has 1 rings (SSSR count). The molecule has 0 atom stereocenters. The molecule has 1 aromatic heterocycles. The molecule has 0 aliphatic heterocycles. The molecule has 0 unspecified atom stereocenters. The summed E-state index contributed by atoms with van der Waals surface area (Å²) in [6, 6.07) is 0. The second kappa shape index (κ2) is 3.38. The number of ketones is 2. The maximum absolute atomic E-state index is 11.2. The molecule has 1 aromatic rings. The van der Waals surface area contributed by atoms with E-state index in [1.54, 1.807) is 0 Å². The second-order valence-corrected chi connectivity index (χ2v) is 2.64. The van der Waals surface area contributed by atoms with Crippen LogP contribution in [0.3, 0.4) is 0 Å². The van der Waals surface area contributed by atoms with Gasteiger partial charge in [-0.1, -0.05) is 0 Å². The van der Waals surface area contributed by atoms with Crippen LogP contribution in [0.5, 0.6) is 0 Å². The third-order valence-electron chi connectivity index (χ3n) is 1.74. The van der Waals surface area contributed by atoms with Gasteiger partial charge in [0, 0.05) is 13.5 Å². The van der Waals surface area contributed by atoms with Crippen molar-refractivity contribution in [2.24, 2.45) is 0 Å². The van der Waals surface area contributed by atoms with E-state index in [1.807, 2.05) is 6.92 Å². The number of carbonyl (C=O) groups is 2. The summed E-state index contributed by atoms with van der Waals surface area (Å²) in [5.74, 6) is -0.859. The predicted molar refractivity (Wildman–Crippen MR) is 47.3 cm³/mol. The number of nitrogens with zero attached hydrogens (tertiary/aromatic N) is 2. The molecule has 1 heterocycles. The van der Waals surface area contributed by atoms with Crippen molar-refractivity contribution in [3.05, 3.63) is 11.8 Å². The highest BCUT2D eigenvalue weighted by molar-refractivity contribution is 6.43. The highest BCUT2D eigenvalue weighted by Gasteiger charge is 2.17. The minimum Gasteiger partial charge on any atom is -0.383 e. The minimum absolute atomic E-state index is 0.189. The molecule has 70 valence electrons. The molecular weight excluding hydrogens is 170 g/mol. The summed E-state index contributed by atoms with van der Waals surface area (Å²) in [5.41, 5.74) is 5.77. The summed E-state index contributed by atoms with van der Waals surface area (Å²) in [7, 11) is 0. The van der Waals surface area contributed by atoms with Gasteiger partial charge >= 0.3 is 0 Å². The highest BCUT2D eigenvalue weighted by Crippen LogP contribution is 2.11. The fourth-order valence-corrected chi connectivity index (χ4v) is 1.01. The van der Waals surface area contributed by atoms with Crippen LogP contribution in [-0.2, 0) is 11.3 Å². The van der Waals surface area contributed by atoms with E-state index in [-0.39, 0.29) is 11.4 Å². The topological polar surface area (TPSA) is 78.0 Å². The minimum atomic E-state index is -0.586. The van der Waals surface area contributed by atoms with E-state index in [1.165, 1.54) is 17.8 Å². The first-order chi connectivity index (χ1) is 6.07. The Morgan fingerprint density at radius 3 is 2.62 bits per heavy atom. The van der Waals surface area contributed by atoms with Crippen LogP contribution in [0.15, 0.2) is 6.20 Å². The van der Waals surface area contributed by atoms with Crippen molar-refractivity contribution in [2.75, 3.05) is 5.73 Å². The average molecular weight is 181 g/mol. The Kier molecular flexibility index (Phi) is 2.46. The average Bonchev–Trinajstić information content (AvgIpc) is 2.45. The molecule has 5 heteroatoms. The molecule has 13 heavy (non-hydrogen) atoms. The molecule has 0 spiro atoms. The molecule has 2 N–H and O–H groups in total. The fourth-order valence-electron chi connectivity index (χ4n) is 1.01. The van der Waals surface area contributed by atoms with Crippen LogP contribution in [0.2, 0.25) is 0 Å². The Bertz CT molecular complexity index is 354. The second-order valence-electron chi connectivity index (χ2n) is 2.64. The predicted octanol–water partition coefficient (Wildman–Crippen LogP) is 0.257. The molecular formula is C8H11N3O2. The summed E-state index contributed by atoms with van der Waals surface area (Å²) in [6.45, 7) is 3.65. The van der Waals surface area contributed by atoms with Crippen LogP contribution < -0.4 is 5.73 Å². The van der Waals surface area contributed by atoms with Gasteiger partial charge in [-0.3, -0.25) is 9.59 Å². The maximum Gasteiger partial charge on any atom is 0.233 e. The molecule has 0 amide bonds. The number of hydrogen-bond acceptors (Lipinski definition) is 4. The molecule has 0 saturated heterocycles. The van der Waals surface area contributed by atoms with Gasteiger partial charge in [-0.2, -0.15) is 5.10 Å². The Morgan fingerprint density at radius 1 is 1.62 bits per heavy atom. The molecule has 0 fully saturated rings. The van der Waals surface area contributed by atoms with Crippen LogP contribution >= 0.6 is 0 Å². The Hall–Kier alpha value is -1.65. The van der Waals surface area contributed by atoms with Crippen molar-refractivity contribution in [3.63, 3.8) is 0 Å². The molecule has 0 bridgehead atoms. The van der Waals surface area contributed by atoms with Crippen molar-refractivity contribution in [2.45, 2.75) is 20.4 Å². The van der Waals surface area contributed by atoms with Gasteiger partial charge in [0.1, 0.15) is 5.82 Å². The number of rotatable bonds is 3. The van der Waals surface area contributed by atoms with Gasteiger partial charge in [0.15, 0.2) is 5.78 Å². The third kappa shape index (κ3) is 1.58. The zero-order chi connectivity index (χ0) is 10.0. The lowest BCUT2D eigenvalue weighted by Crippen LogP contribution is -2.12. The van der Waals surface area contributed by atoms with Gasteiger partial charge < -0.3 is 5.73 Å².